The van der Waals surface area contributed by atoms with Gasteiger partial charge in [0.05, 0.1) is 0 Å². The van der Waals surface area contributed by atoms with Crippen molar-refractivity contribution in [2.75, 3.05) is 26.2 Å². The number of hydrogen-bond acceptors (Lipinski definition) is 2. The molecule has 2 saturated heterocycles. The molecule has 1 atom stereocenters. The van der Waals surface area contributed by atoms with Crippen molar-refractivity contribution in [1.82, 2.24) is 9.80 Å². The summed E-state index contributed by atoms with van der Waals surface area (Å²) in [5, 5.41) is 0.628. The molecule has 0 aliphatic carbocycles. The highest BCUT2D eigenvalue weighted by Gasteiger charge is 2.29. The van der Waals surface area contributed by atoms with Gasteiger partial charge in [0.15, 0.2) is 0 Å². The van der Waals surface area contributed by atoms with Crippen LogP contribution in [0.15, 0.2) is 24.3 Å². The second kappa shape index (κ2) is 7.01. The third-order valence-electron chi connectivity index (χ3n) is 5.03. The molecule has 1 aromatic rings. The zero-order valence-corrected chi connectivity index (χ0v) is 14.1. The molecule has 0 N–H and O–H groups in total. The number of piperidine rings is 2. The second-order valence-electron chi connectivity index (χ2n) is 6.78. The lowest BCUT2D eigenvalue weighted by Gasteiger charge is -2.41. The standard InChI is InChI=1S/C18H25ClN2O/c1-14-4-3-9-21(13-14)17-7-10-20(11-8-17)18(22)15-5-2-6-16(19)12-15/h2,5-6,12,14,17H,3-4,7-11,13H2,1H3/t14-/m0/s1. The molecule has 22 heavy (non-hydrogen) atoms. The molecule has 3 rings (SSSR count). The summed E-state index contributed by atoms with van der Waals surface area (Å²) in [7, 11) is 0. The van der Waals surface area contributed by atoms with Crippen LogP contribution >= 0.6 is 11.6 Å². The number of nitrogens with zero attached hydrogens (tertiary/aromatic N) is 2. The summed E-state index contributed by atoms with van der Waals surface area (Å²) in [5.41, 5.74) is 0.706. The Morgan fingerprint density at radius 3 is 2.64 bits per heavy atom. The van der Waals surface area contributed by atoms with Crippen LogP contribution in [-0.2, 0) is 0 Å². The van der Waals surface area contributed by atoms with Crippen molar-refractivity contribution in [2.24, 2.45) is 5.92 Å². The lowest BCUT2D eigenvalue weighted by Crippen LogP contribution is -2.49. The number of rotatable bonds is 2. The van der Waals surface area contributed by atoms with Crippen molar-refractivity contribution in [3.8, 4) is 0 Å². The van der Waals surface area contributed by atoms with Gasteiger partial charge in [-0.05, 0) is 56.3 Å². The van der Waals surface area contributed by atoms with E-state index in [0.717, 1.165) is 31.8 Å². The van der Waals surface area contributed by atoms with Gasteiger partial charge in [-0.3, -0.25) is 9.69 Å². The molecule has 3 nitrogen and oxygen atoms in total. The van der Waals surface area contributed by atoms with Crippen LogP contribution in [-0.4, -0.2) is 47.9 Å². The lowest BCUT2D eigenvalue weighted by atomic mass is 9.95. The molecule has 0 spiro atoms. The fourth-order valence-electron chi connectivity index (χ4n) is 3.80. The SMILES string of the molecule is C[C@H]1CCCN(C2CCN(C(=O)c3cccc(Cl)c3)CC2)C1. The third-order valence-corrected chi connectivity index (χ3v) is 5.26. The molecule has 1 aromatic carbocycles. The van der Waals surface area contributed by atoms with Gasteiger partial charge in [-0.2, -0.15) is 0 Å². The van der Waals surface area contributed by atoms with E-state index in [0.29, 0.717) is 16.6 Å². The third kappa shape index (κ3) is 3.64. The highest BCUT2D eigenvalue weighted by atomic mass is 35.5. The molecule has 0 radical (unpaired) electrons. The quantitative estimate of drug-likeness (QED) is 0.830. The predicted octanol–water partition coefficient (Wildman–Crippen LogP) is 3.68. The molecule has 0 bridgehead atoms. The maximum Gasteiger partial charge on any atom is 0.253 e. The summed E-state index contributed by atoms with van der Waals surface area (Å²) in [5.74, 6) is 0.938. The van der Waals surface area contributed by atoms with Gasteiger partial charge in [-0.25, -0.2) is 0 Å². The molecule has 4 heteroatoms. The van der Waals surface area contributed by atoms with Crippen molar-refractivity contribution in [3.63, 3.8) is 0 Å². The van der Waals surface area contributed by atoms with Gasteiger partial charge in [0.1, 0.15) is 0 Å². The average Bonchev–Trinajstić information content (AvgIpc) is 2.54. The van der Waals surface area contributed by atoms with E-state index >= 15 is 0 Å². The lowest BCUT2D eigenvalue weighted by molar-refractivity contribution is 0.0542. The normalized spacial score (nSPS) is 24.5. The molecule has 0 unspecified atom stereocenters. The number of likely N-dealkylation sites (tertiary alicyclic amines) is 2. The van der Waals surface area contributed by atoms with E-state index in [1.54, 1.807) is 6.07 Å². The first-order chi connectivity index (χ1) is 10.6. The van der Waals surface area contributed by atoms with Crippen LogP contribution in [0.3, 0.4) is 0 Å². The van der Waals surface area contributed by atoms with Crippen molar-refractivity contribution in [2.45, 2.75) is 38.6 Å². The van der Waals surface area contributed by atoms with Gasteiger partial charge in [0, 0.05) is 36.3 Å². The Bertz CT molecular complexity index is 526. The van der Waals surface area contributed by atoms with Gasteiger partial charge in [-0.1, -0.05) is 24.6 Å². The first-order valence-corrected chi connectivity index (χ1v) is 8.80. The van der Waals surface area contributed by atoms with Gasteiger partial charge in [0.25, 0.3) is 5.91 Å². The van der Waals surface area contributed by atoms with Crippen LogP contribution in [0, 0.1) is 5.92 Å². The van der Waals surface area contributed by atoms with Crippen molar-refractivity contribution >= 4 is 17.5 Å². The first-order valence-electron chi connectivity index (χ1n) is 8.42. The van der Waals surface area contributed by atoms with Crippen LogP contribution in [0.2, 0.25) is 5.02 Å². The minimum Gasteiger partial charge on any atom is -0.339 e. The van der Waals surface area contributed by atoms with E-state index < -0.39 is 0 Å². The zero-order valence-electron chi connectivity index (χ0n) is 13.3. The number of benzene rings is 1. The number of hydrogen-bond donors (Lipinski definition) is 0. The number of carbonyl (C=O) groups excluding carboxylic acids is 1. The topological polar surface area (TPSA) is 23.6 Å². The Hall–Kier alpha value is -1.06. The molecule has 2 aliphatic heterocycles. The largest absolute Gasteiger partial charge is 0.339 e. The summed E-state index contributed by atoms with van der Waals surface area (Å²) in [4.78, 5) is 17.2. The summed E-state index contributed by atoms with van der Waals surface area (Å²) >= 11 is 5.99. The van der Waals surface area contributed by atoms with Crippen molar-refractivity contribution in [3.05, 3.63) is 34.9 Å². The Morgan fingerprint density at radius 1 is 1.18 bits per heavy atom. The zero-order chi connectivity index (χ0) is 15.5. The molecule has 2 heterocycles. The maximum atomic E-state index is 12.5. The molecule has 1 amide bonds. The summed E-state index contributed by atoms with van der Waals surface area (Å²) in [6.07, 6.45) is 4.88. The van der Waals surface area contributed by atoms with Gasteiger partial charge in [0.2, 0.25) is 0 Å². The predicted molar refractivity (Wildman–Crippen MR) is 90.3 cm³/mol. The summed E-state index contributed by atoms with van der Waals surface area (Å²) in [6, 6.07) is 7.93. The van der Waals surface area contributed by atoms with Crippen LogP contribution in [0.5, 0.6) is 0 Å². The molecular formula is C18H25ClN2O. The molecule has 0 saturated carbocycles. The van der Waals surface area contributed by atoms with E-state index in [1.165, 1.54) is 25.9 Å². The fourth-order valence-corrected chi connectivity index (χ4v) is 3.99. The highest BCUT2D eigenvalue weighted by molar-refractivity contribution is 6.30. The highest BCUT2D eigenvalue weighted by Crippen LogP contribution is 2.24. The Balaban J connectivity index is 1.56. The number of amides is 1. The average molecular weight is 321 g/mol. The molecular weight excluding hydrogens is 296 g/mol. The minimum atomic E-state index is 0.118. The summed E-state index contributed by atoms with van der Waals surface area (Å²) in [6.45, 7) is 6.54. The van der Waals surface area contributed by atoms with Crippen LogP contribution in [0.25, 0.3) is 0 Å². The number of halogens is 1. The van der Waals surface area contributed by atoms with Gasteiger partial charge in [-0.15, -0.1) is 0 Å². The van der Waals surface area contributed by atoms with Crippen LogP contribution in [0.4, 0.5) is 0 Å². The van der Waals surface area contributed by atoms with Crippen molar-refractivity contribution < 1.29 is 4.79 Å². The Morgan fingerprint density at radius 2 is 1.95 bits per heavy atom. The Kier molecular flexibility index (Phi) is 5.04. The summed E-state index contributed by atoms with van der Waals surface area (Å²) < 4.78 is 0. The fraction of sp³-hybridized carbons (Fsp3) is 0.611. The Labute approximate surface area is 138 Å². The van der Waals surface area contributed by atoms with Gasteiger partial charge >= 0.3 is 0 Å². The number of carbonyl (C=O) groups is 1. The second-order valence-corrected chi connectivity index (χ2v) is 7.21. The van der Waals surface area contributed by atoms with Gasteiger partial charge < -0.3 is 4.90 Å². The van der Waals surface area contributed by atoms with E-state index in [4.69, 9.17) is 11.6 Å². The maximum absolute atomic E-state index is 12.5. The molecule has 2 fully saturated rings. The minimum absolute atomic E-state index is 0.118. The molecule has 2 aliphatic rings. The monoisotopic (exact) mass is 320 g/mol. The van der Waals surface area contributed by atoms with E-state index in [9.17, 15) is 4.79 Å². The molecule has 0 aromatic heterocycles. The molecule has 120 valence electrons. The van der Waals surface area contributed by atoms with Crippen molar-refractivity contribution in [1.29, 1.82) is 0 Å². The van der Waals surface area contributed by atoms with Crippen LogP contribution < -0.4 is 0 Å². The van der Waals surface area contributed by atoms with E-state index in [-0.39, 0.29) is 5.91 Å². The smallest absolute Gasteiger partial charge is 0.253 e. The van der Waals surface area contributed by atoms with E-state index in [2.05, 4.69) is 11.8 Å². The first kappa shape index (κ1) is 15.8. The van der Waals surface area contributed by atoms with Crippen LogP contribution in [0.1, 0.15) is 43.0 Å². The van der Waals surface area contributed by atoms with E-state index in [1.807, 2.05) is 23.1 Å².